The van der Waals surface area contributed by atoms with E-state index in [9.17, 15) is 9.90 Å². The molecule has 94 valence electrons. The van der Waals surface area contributed by atoms with E-state index in [0.29, 0.717) is 23.0 Å². The summed E-state index contributed by atoms with van der Waals surface area (Å²) in [6, 6.07) is 6.29. The number of benzene rings is 1. The maximum atomic E-state index is 11.2. The second-order valence-electron chi connectivity index (χ2n) is 3.70. The zero-order chi connectivity index (χ0) is 13.1. The van der Waals surface area contributed by atoms with E-state index in [1.54, 1.807) is 12.1 Å². The number of hydrogen-bond donors (Lipinski definition) is 2. The third kappa shape index (κ3) is 2.81. The van der Waals surface area contributed by atoms with Crippen molar-refractivity contribution < 1.29 is 9.84 Å². The summed E-state index contributed by atoms with van der Waals surface area (Å²) in [6.07, 6.45) is 0.368. The minimum Gasteiger partial charge on any atom is -0.495 e. The van der Waals surface area contributed by atoms with Crippen molar-refractivity contribution in [1.29, 1.82) is 0 Å². The summed E-state index contributed by atoms with van der Waals surface area (Å²) in [6.45, 7) is 0. The average molecular weight is 267 g/mol. The van der Waals surface area contributed by atoms with Crippen LogP contribution in [0.1, 0.15) is 11.4 Å². The van der Waals surface area contributed by atoms with E-state index in [-0.39, 0.29) is 5.88 Å². The molecule has 1 heterocycles. The fraction of sp³-hybridized carbons (Fsp3) is 0.167. The predicted octanol–water partition coefficient (Wildman–Crippen LogP) is 1.73. The molecule has 0 aliphatic rings. The molecule has 2 rings (SSSR count). The van der Waals surface area contributed by atoms with Gasteiger partial charge >= 0.3 is 0 Å². The molecule has 2 aromatic rings. The Morgan fingerprint density at radius 3 is 2.83 bits per heavy atom. The van der Waals surface area contributed by atoms with Gasteiger partial charge in [0.25, 0.3) is 5.56 Å². The number of methoxy groups -OCH3 is 1. The van der Waals surface area contributed by atoms with Gasteiger partial charge in [-0.1, -0.05) is 17.7 Å². The van der Waals surface area contributed by atoms with E-state index in [1.807, 2.05) is 6.07 Å². The van der Waals surface area contributed by atoms with Crippen LogP contribution in [0, 0.1) is 0 Å². The molecular formula is C12H11ClN2O3. The standard InChI is InChI=1S/C12H11ClN2O3/c1-18-9-3-2-7(4-8(9)13)5-10-14-11(16)6-12(17)15-10/h2-4,6H,5H2,1H3,(H2,14,15,16,17). The summed E-state index contributed by atoms with van der Waals surface area (Å²) in [5.74, 6) is 0.660. The van der Waals surface area contributed by atoms with Gasteiger partial charge in [0.15, 0.2) is 0 Å². The van der Waals surface area contributed by atoms with Gasteiger partial charge in [0, 0.05) is 6.42 Å². The lowest BCUT2D eigenvalue weighted by atomic mass is 10.1. The molecule has 1 aromatic carbocycles. The van der Waals surface area contributed by atoms with Crippen molar-refractivity contribution in [3.63, 3.8) is 0 Å². The number of ether oxygens (including phenoxy) is 1. The summed E-state index contributed by atoms with van der Waals surface area (Å²) in [5, 5.41) is 9.72. The number of nitrogens with zero attached hydrogens (tertiary/aromatic N) is 1. The quantitative estimate of drug-likeness (QED) is 0.887. The monoisotopic (exact) mass is 266 g/mol. The van der Waals surface area contributed by atoms with Gasteiger partial charge in [0.1, 0.15) is 11.6 Å². The largest absolute Gasteiger partial charge is 0.495 e. The van der Waals surface area contributed by atoms with Crippen LogP contribution in [0.4, 0.5) is 0 Å². The Morgan fingerprint density at radius 1 is 1.44 bits per heavy atom. The van der Waals surface area contributed by atoms with E-state index >= 15 is 0 Å². The van der Waals surface area contributed by atoms with Gasteiger partial charge in [-0.05, 0) is 17.7 Å². The summed E-state index contributed by atoms with van der Waals surface area (Å²) in [4.78, 5) is 17.5. The Balaban J connectivity index is 2.28. The lowest BCUT2D eigenvalue weighted by Crippen LogP contribution is -2.09. The van der Waals surface area contributed by atoms with Crippen LogP contribution in [-0.4, -0.2) is 22.2 Å². The van der Waals surface area contributed by atoms with E-state index in [1.165, 1.54) is 7.11 Å². The third-order valence-electron chi connectivity index (χ3n) is 2.36. The topological polar surface area (TPSA) is 75.2 Å². The molecule has 0 bridgehead atoms. The third-order valence-corrected chi connectivity index (χ3v) is 2.66. The zero-order valence-electron chi connectivity index (χ0n) is 9.61. The first-order valence-electron chi connectivity index (χ1n) is 5.20. The lowest BCUT2D eigenvalue weighted by Gasteiger charge is -2.06. The van der Waals surface area contributed by atoms with Crippen LogP contribution in [0.25, 0.3) is 0 Å². The van der Waals surface area contributed by atoms with E-state index in [4.69, 9.17) is 16.3 Å². The van der Waals surface area contributed by atoms with Crippen molar-refractivity contribution in [2.24, 2.45) is 0 Å². The Hall–Kier alpha value is -2.01. The van der Waals surface area contributed by atoms with Crippen LogP contribution in [0.5, 0.6) is 11.6 Å². The van der Waals surface area contributed by atoms with E-state index < -0.39 is 5.56 Å². The molecule has 6 heteroatoms. The van der Waals surface area contributed by atoms with Crippen molar-refractivity contribution >= 4 is 11.6 Å². The van der Waals surface area contributed by atoms with Crippen LogP contribution in [-0.2, 0) is 6.42 Å². The zero-order valence-corrected chi connectivity index (χ0v) is 10.4. The molecule has 1 aromatic heterocycles. The van der Waals surface area contributed by atoms with Gasteiger partial charge < -0.3 is 14.8 Å². The molecule has 0 atom stereocenters. The summed E-state index contributed by atoms with van der Waals surface area (Å²) in [7, 11) is 1.54. The van der Waals surface area contributed by atoms with Gasteiger partial charge in [0.05, 0.1) is 18.2 Å². The number of halogens is 1. The summed E-state index contributed by atoms with van der Waals surface area (Å²) >= 11 is 5.99. The number of aromatic nitrogens is 2. The Kier molecular flexibility index (Phi) is 3.53. The molecule has 0 unspecified atom stereocenters. The summed E-state index contributed by atoms with van der Waals surface area (Å²) < 4.78 is 5.04. The number of nitrogens with one attached hydrogen (secondary N) is 1. The molecule has 0 amide bonds. The van der Waals surface area contributed by atoms with Crippen LogP contribution >= 0.6 is 11.6 Å². The molecule has 0 fully saturated rings. The molecular weight excluding hydrogens is 256 g/mol. The molecule has 0 radical (unpaired) electrons. The maximum absolute atomic E-state index is 11.2. The van der Waals surface area contributed by atoms with Crippen molar-refractivity contribution in [1.82, 2.24) is 9.97 Å². The SMILES string of the molecule is COc1ccc(Cc2nc(O)cc(=O)[nH]2)cc1Cl. The van der Waals surface area contributed by atoms with Crippen molar-refractivity contribution in [2.75, 3.05) is 7.11 Å². The van der Waals surface area contributed by atoms with Crippen molar-refractivity contribution in [3.8, 4) is 11.6 Å². The Bertz CT molecular complexity index is 625. The number of H-pyrrole nitrogens is 1. The highest BCUT2D eigenvalue weighted by atomic mass is 35.5. The molecule has 2 N–H and O–H groups in total. The van der Waals surface area contributed by atoms with E-state index in [0.717, 1.165) is 11.6 Å². The maximum Gasteiger partial charge on any atom is 0.254 e. The predicted molar refractivity (Wildman–Crippen MR) is 67.3 cm³/mol. The number of hydrogen-bond acceptors (Lipinski definition) is 4. The molecule has 0 spiro atoms. The van der Waals surface area contributed by atoms with Gasteiger partial charge in [-0.3, -0.25) is 4.79 Å². The van der Waals surface area contributed by atoms with Crippen LogP contribution < -0.4 is 10.3 Å². The van der Waals surface area contributed by atoms with Gasteiger partial charge in [-0.25, -0.2) is 0 Å². The molecule has 0 saturated carbocycles. The fourth-order valence-electron chi connectivity index (χ4n) is 1.59. The second-order valence-corrected chi connectivity index (χ2v) is 4.10. The first kappa shape index (κ1) is 12.4. The average Bonchev–Trinajstić information content (AvgIpc) is 2.27. The first-order valence-corrected chi connectivity index (χ1v) is 5.58. The minimum absolute atomic E-state index is 0.298. The van der Waals surface area contributed by atoms with Crippen LogP contribution in [0.15, 0.2) is 29.1 Å². The second kappa shape index (κ2) is 5.10. The Morgan fingerprint density at radius 2 is 2.22 bits per heavy atom. The number of rotatable bonds is 3. The smallest absolute Gasteiger partial charge is 0.254 e. The highest BCUT2D eigenvalue weighted by molar-refractivity contribution is 6.32. The highest BCUT2D eigenvalue weighted by Gasteiger charge is 2.05. The minimum atomic E-state index is -0.392. The van der Waals surface area contributed by atoms with Gasteiger partial charge in [0.2, 0.25) is 5.88 Å². The molecule has 0 saturated heterocycles. The molecule has 0 aliphatic heterocycles. The van der Waals surface area contributed by atoms with Gasteiger partial charge in [-0.15, -0.1) is 0 Å². The fourth-order valence-corrected chi connectivity index (χ4v) is 1.87. The van der Waals surface area contributed by atoms with Crippen LogP contribution in [0.2, 0.25) is 5.02 Å². The highest BCUT2D eigenvalue weighted by Crippen LogP contribution is 2.25. The molecule has 5 nitrogen and oxygen atoms in total. The van der Waals surface area contributed by atoms with Crippen molar-refractivity contribution in [3.05, 3.63) is 51.0 Å². The Labute approximate surface area is 108 Å². The van der Waals surface area contributed by atoms with Gasteiger partial charge in [-0.2, -0.15) is 4.98 Å². The first-order chi connectivity index (χ1) is 8.58. The van der Waals surface area contributed by atoms with Crippen molar-refractivity contribution in [2.45, 2.75) is 6.42 Å². The number of aromatic hydroxyl groups is 1. The normalized spacial score (nSPS) is 10.3. The summed E-state index contributed by atoms with van der Waals surface area (Å²) in [5.41, 5.74) is 0.464. The van der Waals surface area contributed by atoms with Crippen LogP contribution in [0.3, 0.4) is 0 Å². The molecule has 0 aliphatic carbocycles. The lowest BCUT2D eigenvalue weighted by molar-refractivity contribution is 0.415. The molecule has 18 heavy (non-hydrogen) atoms. The van der Waals surface area contributed by atoms with E-state index in [2.05, 4.69) is 9.97 Å². The number of aromatic amines is 1.